The van der Waals surface area contributed by atoms with Crippen molar-refractivity contribution >= 4 is 14.6 Å². The van der Waals surface area contributed by atoms with E-state index in [4.69, 9.17) is 19.7 Å². The Balaban J connectivity index is 1.26. The van der Waals surface area contributed by atoms with Crippen LogP contribution >= 0.6 is 8.30 Å². The fourth-order valence-corrected chi connectivity index (χ4v) is 5.15. The van der Waals surface area contributed by atoms with E-state index in [1.807, 2.05) is 48.5 Å². The van der Waals surface area contributed by atoms with Crippen molar-refractivity contribution in [3.05, 3.63) is 77.7 Å². The number of fused-ring (bicyclic) bond motifs is 1. The van der Waals surface area contributed by atoms with E-state index in [1.54, 1.807) is 6.34 Å². The molecule has 2 aromatic carbocycles. The molecule has 2 aliphatic rings. The van der Waals surface area contributed by atoms with Crippen LogP contribution in [0.3, 0.4) is 0 Å². The maximum Gasteiger partial charge on any atom is 0.188 e. The zero-order chi connectivity index (χ0) is 23.8. The second-order valence-corrected chi connectivity index (χ2v) is 10.2. The Bertz CT molecular complexity index is 973. The Kier molecular flexibility index (Phi) is 8.37. The van der Waals surface area contributed by atoms with E-state index in [-0.39, 0.29) is 11.7 Å². The summed E-state index contributed by atoms with van der Waals surface area (Å²) in [5, 5.41) is 3.61. The lowest BCUT2D eigenvalue weighted by molar-refractivity contribution is 0.0782. The summed E-state index contributed by atoms with van der Waals surface area (Å²) in [6.45, 7) is 6.54. The average Bonchev–Trinajstić information content (AvgIpc) is 3.40. The lowest BCUT2D eigenvalue weighted by Crippen LogP contribution is -2.45. The molecule has 0 radical (unpaired) electrons. The number of nitrogens with two attached hydrogens (primary N) is 1. The van der Waals surface area contributed by atoms with E-state index in [2.05, 4.69) is 51.8 Å². The second-order valence-electron chi connectivity index (χ2n) is 8.75. The Morgan fingerprint density at radius 1 is 1.09 bits per heavy atom. The molecule has 2 unspecified atom stereocenters. The van der Waals surface area contributed by atoms with Gasteiger partial charge in [-0.3, -0.25) is 5.09 Å². The summed E-state index contributed by atoms with van der Waals surface area (Å²) < 4.78 is 18.3. The highest BCUT2D eigenvalue weighted by atomic mass is 31.2. The van der Waals surface area contributed by atoms with Crippen molar-refractivity contribution in [3.8, 4) is 5.75 Å². The zero-order valence-electron chi connectivity index (χ0n) is 19.6. The van der Waals surface area contributed by atoms with Crippen molar-refractivity contribution < 1.29 is 14.0 Å². The van der Waals surface area contributed by atoms with E-state index in [1.165, 1.54) is 0 Å². The van der Waals surface area contributed by atoms with Crippen molar-refractivity contribution in [1.82, 2.24) is 20.8 Å². The molecule has 4 rings (SSSR count). The van der Waals surface area contributed by atoms with Crippen molar-refractivity contribution in [2.45, 2.75) is 32.2 Å². The Morgan fingerprint density at radius 2 is 1.82 bits per heavy atom. The molecule has 2 aliphatic heterocycles. The fourth-order valence-electron chi connectivity index (χ4n) is 3.57. The summed E-state index contributed by atoms with van der Waals surface area (Å²) >= 11 is 0. The van der Waals surface area contributed by atoms with Gasteiger partial charge in [0.25, 0.3) is 0 Å². The first-order valence-electron chi connectivity index (χ1n) is 11.3. The normalized spacial score (nSPS) is 18.2. The van der Waals surface area contributed by atoms with Crippen LogP contribution in [-0.2, 0) is 16.1 Å². The number of aliphatic imine (C=N–C) groups is 1. The first-order chi connectivity index (χ1) is 16.5. The van der Waals surface area contributed by atoms with Gasteiger partial charge < -0.3 is 30.1 Å². The number of rotatable bonds is 13. The average molecular weight is 485 g/mol. The van der Waals surface area contributed by atoms with Gasteiger partial charge in [0, 0.05) is 12.1 Å². The number of para-hydroxylation sites is 1. The van der Waals surface area contributed by atoms with E-state index in [9.17, 15) is 0 Å². The number of hydrazine groups is 1. The minimum Gasteiger partial charge on any atom is -0.456 e. The molecule has 10 heteroatoms. The maximum atomic E-state index is 6.26. The number of hydrogen-bond acceptors (Lipinski definition) is 9. The van der Waals surface area contributed by atoms with Crippen LogP contribution in [0.4, 0.5) is 0 Å². The number of benzene rings is 2. The van der Waals surface area contributed by atoms with Crippen molar-refractivity contribution in [2.24, 2.45) is 10.7 Å². The number of ether oxygens (including phenoxy) is 2. The third-order valence-electron chi connectivity index (χ3n) is 5.22. The van der Waals surface area contributed by atoms with Crippen LogP contribution in [0, 0.1) is 0 Å². The van der Waals surface area contributed by atoms with Crippen LogP contribution in [0.25, 0.3) is 0 Å². The molecule has 34 heavy (non-hydrogen) atoms. The molecule has 0 amide bonds. The lowest BCUT2D eigenvalue weighted by atomic mass is 10.1. The largest absolute Gasteiger partial charge is 0.456 e. The van der Waals surface area contributed by atoms with E-state index < -0.39 is 8.30 Å². The van der Waals surface area contributed by atoms with Gasteiger partial charge in [0.2, 0.25) is 0 Å². The summed E-state index contributed by atoms with van der Waals surface area (Å²) in [5.74, 6) is 1.37. The Morgan fingerprint density at radius 3 is 2.59 bits per heavy atom. The number of nitrogens with zero attached hydrogens (tertiary/aromatic N) is 2. The quantitative estimate of drug-likeness (QED) is 0.254. The Hall–Kier alpha value is -2.68. The number of nitrogens with one attached hydrogen (secondary N) is 3. The standard InChI is InChI=1S/C24H33N6O3P/c1-24(2,16-32-15-19-9-5-3-6-10-19)29-34(33-20-11-7-4-8-12-20)18-31-14-13-30-17-26-21-22(25)27-28-23(21)30/h3-12,17,23,27-29H,13-16,18,25H2,1-2H3. The highest BCUT2D eigenvalue weighted by Gasteiger charge is 2.32. The molecule has 2 atom stereocenters. The van der Waals surface area contributed by atoms with Gasteiger partial charge in [-0.05, 0) is 31.5 Å². The van der Waals surface area contributed by atoms with Crippen LogP contribution in [0.1, 0.15) is 19.4 Å². The molecule has 9 nitrogen and oxygen atoms in total. The summed E-state index contributed by atoms with van der Waals surface area (Å²) in [5.41, 5.74) is 13.6. The van der Waals surface area contributed by atoms with E-state index in [0.717, 1.165) is 17.0 Å². The van der Waals surface area contributed by atoms with Gasteiger partial charge in [0.1, 0.15) is 29.8 Å². The predicted octanol–water partition coefficient (Wildman–Crippen LogP) is 2.84. The first-order valence-corrected chi connectivity index (χ1v) is 12.7. The molecule has 2 aromatic rings. The van der Waals surface area contributed by atoms with Gasteiger partial charge in [-0.25, -0.2) is 10.4 Å². The monoisotopic (exact) mass is 484 g/mol. The van der Waals surface area contributed by atoms with E-state index in [0.29, 0.717) is 38.5 Å². The van der Waals surface area contributed by atoms with Crippen LogP contribution < -0.4 is 26.2 Å². The van der Waals surface area contributed by atoms with Crippen molar-refractivity contribution in [3.63, 3.8) is 0 Å². The van der Waals surface area contributed by atoms with Gasteiger partial charge >= 0.3 is 0 Å². The minimum atomic E-state index is -1.10. The topological polar surface area (TPSA) is 105 Å². The lowest BCUT2D eigenvalue weighted by Gasteiger charge is -2.31. The van der Waals surface area contributed by atoms with Crippen LogP contribution in [-0.4, -0.2) is 49.0 Å². The maximum absolute atomic E-state index is 6.26. The van der Waals surface area contributed by atoms with Gasteiger partial charge in [-0.15, -0.1) is 0 Å². The molecule has 0 saturated carbocycles. The molecular formula is C24H33N6O3P. The van der Waals surface area contributed by atoms with Gasteiger partial charge in [0.15, 0.2) is 8.30 Å². The second kappa shape index (κ2) is 11.6. The third kappa shape index (κ3) is 6.91. The van der Waals surface area contributed by atoms with Crippen LogP contribution in [0.5, 0.6) is 5.75 Å². The Labute approximate surface area is 202 Å². The molecule has 0 bridgehead atoms. The van der Waals surface area contributed by atoms with Gasteiger partial charge in [-0.2, -0.15) is 0 Å². The molecule has 0 saturated heterocycles. The first kappa shape index (κ1) is 24.4. The zero-order valence-corrected chi connectivity index (χ0v) is 20.5. The summed E-state index contributed by atoms with van der Waals surface area (Å²) in [4.78, 5) is 6.41. The highest BCUT2D eigenvalue weighted by Crippen LogP contribution is 2.36. The fraction of sp³-hybridized carbons (Fsp3) is 0.375. The smallest absolute Gasteiger partial charge is 0.188 e. The van der Waals surface area contributed by atoms with Crippen molar-refractivity contribution in [2.75, 3.05) is 26.1 Å². The van der Waals surface area contributed by atoms with Crippen LogP contribution in [0.2, 0.25) is 0 Å². The predicted molar refractivity (Wildman–Crippen MR) is 135 cm³/mol. The molecular weight excluding hydrogens is 451 g/mol. The van der Waals surface area contributed by atoms with Crippen molar-refractivity contribution in [1.29, 1.82) is 0 Å². The highest BCUT2D eigenvalue weighted by molar-refractivity contribution is 7.50. The van der Waals surface area contributed by atoms with Gasteiger partial charge in [-0.1, -0.05) is 48.5 Å². The number of hydrogen-bond donors (Lipinski definition) is 4. The minimum absolute atomic E-state index is 0.0514. The van der Waals surface area contributed by atoms with Gasteiger partial charge in [0.05, 0.1) is 26.2 Å². The summed E-state index contributed by atoms with van der Waals surface area (Å²) in [6, 6.07) is 20.0. The molecule has 5 N–H and O–H groups in total. The van der Waals surface area contributed by atoms with E-state index >= 15 is 0 Å². The molecule has 0 aliphatic carbocycles. The molecule has 0 spiro atoms. The third-order valence-corrected chi connectivity index (χ3v) is 6.92. The molecule has 2 heterocycles. The SMILES string of the molecule is CC(C)(COCc1ccccc1)NP(COCCN1C=NC2=C(N)NNC21)Oc1ccccc1. The summed E-state index contributed by atoms with van der Waals surface area (Å²) in [7, 11) is -1.10. The molecule has 0 fully saturated rings. The van der Waals surface area contributed by atoms with Crippen LogP contribution in [0.15, 0.2) is 77.2 Å². The molecule has 0 aromatic heterocycles. The molecule has 182 valence electrons. The summed E-state index contributed by atoms with van der Waals surface area (Å²) in [6.07, 6.45) is 2.18.